The van der Waals surface area contributed by atoms with E-state index in [4.69, 9.17) is 16.3 Å². The molecule has 0 amide bonds. The molecule has 2 aromatic rings. The first-order chi connectivity index (χ1) is 9.79. The Bertz CT molecular complexity index is 808. The van der Waals surface area contributed by atoms with Crippen LogP contribution < -0.4 is 4.74 Å². The number of halogens is 2. The van der Waals surface area contributed by atoms with Crippen molar-refractivity contribution in [2.24, 2.45) is 0 Å². The van der Waals surface area contributed by atoms with E-state index in [0.717, 1.165) is 6.26 Å². The Balaban J connectivity index is 2.38. The summed E-state index contributed by atoms with van der Waals surface area (Å²) in [5, 5.41) is 0.104. The van der Waals surface area contributed by atoms with Crippen molar-refractivity contribution in [3.8, 4) is 5.75 Å². The zero-order valence-corrected chi connectivity index (χ0v) is 13.9. The molecule has 8 heteroatoms. The lowest BCUT2D eigenvalue weighted by Crippen LogP contribution is -2.11. The van der Waals surface area contributed by atoms with Crippen LogP contribution in [-0.4, -0.2) is 25.6 Å². The van der Waals surface area contributed by atoms with Gasteiger partial charge in [-0.1, -0.05) is 11.6 Å². The van der Waals surface area contributed by atoms with Gasteiger partial charge in [0.1, 0.15) is 4.60 Å². The molecule has 2 rings (SSSR count). The Morgan fingerprint density at radius 2 is 2.05 bits per heavy atom. The molecule has 21 heavy (non-hydrogen) atoms. The van der Waals surface area contributed by atoms with Gasteiger partial charge in [-0.2, -0.15) is 0 Å². The van der Waals surface area contributed by atoms with Crippen LogP contribution in [0, 0.1) is 0 Å². The van der Waals surface area contributed by atoms with Gasteiger partial charge in [0.25, 0.3) is 0 Å². The van der Waals surface area contributed by atoms with Gasteiger partial charge in [0, 0.05) is 12.5 Å². The minimum Gasteiger partial charge on any atom is -0.420 e. The fourth-order valence-electron chi connectivity index (χ4n) is 1.49. The second-order valence-corrected chi connectivity index (χ2v) is 7.27. The van der Waals surface area contributed by atoms with Gasteiger partial charge in [0.2, 0.25) is 0 Å². The quantitative estimate of drug-likeness (QED) is 0.595. The monoisotopic (exact) mass is 389 g/mol. The van der Waals surface area contributed by atoms with Crippen molar-refractivity contribution in [3.05, 3.63) is 51.7 Å². The molecule has 0 aliphatic carbocycles. The van der Waals surface area contributed by atoms with Crippen LogP contribution in [0.2, 0.25) is 5.02 Å². The molecule has 0 aliphatic rings. The minimum atomic E-state index is -3.44. The third-order valence-electron chi connectivity index (χ3n) is 2.51. The lowest BCUT2D eigenvalue weighted by molar-refractivity contribution is 0.0732. The number of pyridine rings is 1. The standard InChI is InChI=1S/C13H9BrClNO4S/c1-21(18,19)8-4-5-10(15)9(7-8)13(17)20-11-3-2-6-16-12(11)14/h2-7H,1H3. The van der Waals surface area contributed by atoms with Gasteiger partial charge < -0.3 is 4.74 Å². The van der Waals surface area contributed by atoms with Crippen LogP contribution >= 0.6 is 27.5 Å². The maximum absolute atomic E-state index is 12.1. The molecule has 0 saturated carbocycles. The molecule has 0 saturated heterocycles. The third kappa shape index (κ3) is 3.81. The summed E-state index contributed by atoms with van der Waals surface area (Å²) in [6, 6.07) is 7.00. The highest BCUT2D eigenvalue weighted by Gasteiger charge is 2.18. The van der Waals surface area contributed by atoms with Crippen LogP contribution in [0.5, 0.6) is 5.75 Å². The summed E-state index contributed by atoms with van der Waals surface area (Å²) in [4.78, 5) is 16.0. The molecule has 110 valence electrons. The van der Waals surface area contributed by atoms with Crippen molar-refractivity contribution < 1.29 is 17.9 Å². The second kappa shape index (κ2) is 6.13. The Morgan fingerprint density at radius 3 is 2.67 bits per heavy atom. The number of hydrogen-bond acceptors (Lipinski definition) is 5. The van der Waals surface area contributed by atoms with Crippen LogP contribution in [0.1, 0.15) is 10.4 Å². The molecular formula is C13H9BrClNO4S. The Kier molecular flexibility index (Phi) is 4.65. The summed E-state index contributed by atoms with van der Waals surface area (Å²) in [5.74, 6) is -0.553. The predicted octanol–water partition coefficient (Wildman–Crippen LogP) is 3.12. The molecule has 0 aliphatic heterocycles. The number of ether oxygens (including phenoxy) is 1. The van der Waals surface area contributed by atoms with E-state index in [1.165, 1.54) is 24.4 Å². The summed E-state index contributed by atoms with van der Waals surface area (Å²) >= 11 is 9.07. The SMILES string of the molecule is CS(=O)(=O)c1ccc(Cl)c(C(=O)Oc2cccnc2Br)c1. The van der Waals surface area contributed by atoms with E-state index in [0.29, 0.717) is 4.60 Å². The molecule has 5 nitrogen and oxygen atoms in total. The van der Waals surface area contributed by atoms with Crippen molar-refractivity contribution in [2.45, 2.75) is 4.90 Å². The van der Waals surface area contributed by atoms with Crippen LogP contribution in [0.15, 0.2) is 46.0 Å². The van der Waals surface area contributed by atoms with Gasteiger partial charge in [0.05, 0.1) is 15.5 Å². The highest BCUT2D eigenvalue weighted by Crippen LogP contribution is 2.25. The largest absolute Gasteiger partial charge is 0.420 e. The van der Waals surface area contributed by atoms with Gasteiger partial charge in [-0.05, 0) is 46.3 Å². The number of esters is 1. The number of rotatable bonds is 3. The Morgan fingerprint density at radius 1 is 1.33 bits per heavy atom. The lowest BCUT2D eigenvalue weighted by Gasteiger charge is -2.08. The molecule has 0 spiro atoms. The van der Waals surface area contributed by atoms with E-state index in [9.17, 15) is 13.2 Å². The molecule has 1 aromatic carbocycles. The van der Waals surface area contributed by atoms with Crippen LogP contribution in [0.25, 0.3) is 0 Å². The van der Waals surface area contributed by atoms with Gasteiger partial charge in [0.15, 0.2) is 15.6 Å². The molecule has 0 radical (unpaired) electrons. The minimum absolute atomic E-state index is 0.0101. The number of carbonyl (C=O) groups excluding carboxylic acids is 1. The van der Waals surface area contributed by atoms with Crippen LogP contribution in [0.4, 0.5) is 0 Å². The zero-order valence-electron chi connectivity index (χ0n) is 10.7. The number of hydrogen-bond donors (Lipinski definition) is 0. The van der Waals surface area contributed by atoms with Crippen LogP contribution in [0.3, 0.4) is 0 Å². The summed E-state index contributed by atoms with van der Waals surface area (Å²) in [6.45, 7) is 0. The normalized spacial score (nSPS) is 11.2. The van der Waals surface area contributed by atoms with Gasteiger partial charge >= 0.3 is 5.97 Å². The molecular weight excluding hydrogens is 382 g/mol. The molecule has 1 aromatic heterocycles. The fraction of sp³-hybridized carbons (Fsp3) is 0.0769. The van der Waals surface area contributed by atoms with E-state index in [1.807, 2.05) is 0 Å². The number of carbonyl (C=O) groups is 1. The van der Waals surface area contributed by atoms with E-state index in [-0.39, 0.29) is 21.2 Å². The van der Waals surface area contributed by atoms with Crippen molar-refractivity contribution in [1.82, 2.24) is 4.98 Å². The maximum Gasteiger partial charge on any atom is 0.345 e. The highest BCUT2D eigenvalue weighted by molar-refractivity contribution is 9.10. The molecule has 0 fully saturated rings. The van der Waals surface area contributed by atoms with E-state index in [1.54, 1.807) is 12.1 Å². The highest BCUT2D eigenvalue weighted by atomic mass is 79.9. The first-order valence-corrected chi connectivity index (χ1v) is 8.67. The molecule has 1 heterocycles. The first kappa shape index (κ1) is 15.9. The van der Waals surface area contributed by atoms with Crippen molar-refractivity contribution >= 4 is 43.3 Å². The lowest BCUT2D eigenvalue weighted by atomic mass is 10.2. The number of sulfone groups is 1. The summed E-state index contributed by atoms with van der Waals surface area (Å²) in [5.41, 5.74) is -0.0321. The van der Waals surface area contributed by atoms with E-state index >= 15 is 0 Å². The van der Waals surface area contributed by atoms with Crippen LogP contribution in [-0.2, 0) is 9.84 Å². The number of benzene rings is 1. The molecule has 0 bridgehead atoms. The summed E-state index contributed by atoms with van der Waals surface area (Å²) in [6.07, 6.45) is 2.57. The average molecular weight is 391 g/mol. The average Bonchev–Trinajstić information content (AvgIpc) is 2.40. The third-order valence-corrected chi connectivity index (χ3v) is 4.55. The smallest absolute Gasteiger partial charge is 0.345 e. The molecule has 0 atom stereocenters. The predicted molar refractivity (Wildman–Crippen MR) is 81.5 cm³/mol. The maximum atomic E-state index is 12.1. The fourth-order valence-corrected chi connectivity index (χ4v) is 2.67. The number of nitrogens with zero attached hydrogens (tertiary/aromatic N) is 1. The summed E-state index contributed by atoms with van der Waals surface area (Å²) < 4.78 is 28.5. The molecule has 0 unspecified atom stereocenters. The van der Waals surface area contributed by atoms with Gasteiger partial charge in [-0.25, -0.2) is 18.2 Å². The van der Waals surface area contributed by atoms with Crippen molar-refractivity contribution in [3.63, 3.8) is 0 Å². The summed E-state index contributed by atoms with van der Waals surface area (Å²) in [7, 11) is -3.44. The topological polar surface area (TPSA) is 73.3 Å². The first-order valence-electron chi connectivity index (χ1n) is 5.61. The Hall–Kier alpha value is -1.44. The Labute approximate surface area is 135 Å². The van der Waals surface area contributed by atoms with Crippen molar-refractivity contribution in [1.29, 1.82) is 0 Å². The zero-order chi connectivity index (χ0) is 15.6. The van der Waals surface area contributed by atoms with Gasteiger partial charge in [-0.15, -0.1) is 0 Å². The van der Waals surface area contributed by atoms with Crippen molar-refractivity contribution in [2.75, 3.05) is 6.26 Å². The molecule has 0 N–H and O–H groups in total. The van der Waals surface area contributed by atoms with E-state index in [2.05, 4.69) is 20.9 Å². The second-order valence-electron chi connectivity index (χ2n) is 4.10. The number of aromatic nitrogens is 1. The van der Waals surface area contributed by atoms with E-state index < -0.39 is 15.8 Å². The van der Waals surface area contributed by atoms with Gasteiger partial charge in [-0.3, -0.25) is 0 Å².